The molecule has 0 aliphatic carbocycles. The summed E-state index contributed by atoms with van der Waals surface area (Å²) in [5, 5.41) is 8.07. The van der Waals surface area contributed by atoms with E-state index in [4.69, 9.17) is 4.74 Å². The van der Waals surface area contributed by atoms with Crippen LogP contribution in [0.3, 0.4) is 0 Å². The van der Waals surface area contributed by atoms with E-state index in [1.807, 2.05) is 30.3 Å². The Hall–Kier alpha value is -1.93. The summed E-state index contributed by atoms with van der Waals surface area (Å²) in [6, 6.07) is 9.53. The van der Waals surface area contributed by atoms with Gasteiger partial charge in [0.1, 0.15) is 18.1 Å². The topological polar surface area (TPSA) is 77.3 Å². The third-order valence-corrected chi connectivity index (χ3v) is 4.60. The van der Waals surface area contributed by atoms with Gasteiger partial charge in [-0.3, -0.25) is 0 Å². The maximum absolute atomic E-state index is 11.3. The van der Waals surface area contributed by atoms with Gasteiger partial charge in [0.2, 0.25) is 10.0 Å². The first-order chi connectivity index (χ1) is 10.0. The minimum Gasteiger partial charge on any atom is -0.487 e. The number of hydrogen-bond acceptors (Lipinski definition) is 5. The highest BCUT2D eigenvalue weighted by molar-refractivity contribution is 7.88. The lowest BCUT2D eigenvalue weighted by Gasteiger charge is -2.36. The number of hydrogen-bond donors (Lipinski definition) is 0. The second kappa shape index (κ2) is 5.45. The maximum atomic E-state index is 11.3. The molecule has 1 aliphatic heterocycles. The lowest BCUT2D eigenvalue weighted by Crippen LogP contribution is -2.50. The van der Waals surface area contributed by atoms with E-state index in [-0.39, 0.29) is 6.04 Å². The normalized spacial score (nSPS) is 16.6. The number of benzene rings is 1. The van der Waals surface area contributed by atoms with Gasteiger partial charge in [-0.15, -0.1) is 5.10 Å². The Kier molecular flexibility index (Phi) is 3.64. The number of sulfonamides is 1. The number of para-hydroxylation sites is 1. The monoisotopic (exact) mass is 308 g/mol. The number of rotatable bonds is 5. The summed E-state index contributed by atoms with van der Waals surface area (Å²) in [6.45, 7) is 1.23. The molecule has 1 fully saturated rings. The lowest BCUT2D eigenvalue weighted by atomic mass is 10.2. The van der Waals surface area contributed by atoms with Crippen LogP contribution >= 0.6 is 0 Å². The van der Waals surface area contributed by atoms with Gasteiger partial charge < -0.3 is 4.74 Å². The Labute approximate surface area is 123 Å². The fourth-order valence-corrected chi connectivity index (χ4v) is 2.97. The molecule has 3 rings (SSSR count). The van der Waals surface area contributed by atoms with E-state index >= 15 is 0 Å². The average Bonchev–Trinajstić information content (AvgIpc) is 2.83. The molecule has 0 spiro atoms. The van der Waals surface area contributed by atoms with Gasteiger partial charge in [-0.05, 0) is 12.1 Å². The molecule has 2 heterocycles. The summed E-state index contributed by atoms with van der Waals surface area (Å²) in [4.78, 5) is 0. The zero-order chi connectivity index (χ0) is 14.9. The highest BCUT2D eigenvalue weighted by Gasteiger charge is 2.35. The standard InChI is InChI=1S/C13H16N4O3S/c1-21(18,19)16-8-12(9-16)17-7-11(14-15-17)10-20-13-5-3-2-4-6-13/h2-7,12H,8-10H2,1H3. The molecule has 0 saturated carbocycles. The van der Waals surface area contributed by atoms with Crippen LogP contribution in [0.15, 0.2) is 36.5 Å². The van der Waals surface area contributed by atoms with Crippen molar-refractivity contribution in [3.8, 4) is 5.75 Å². The van der Waals surface area contributed by atoms with Gasteiger partial charge in [0.25, 0.3) is 0 Å². The third kappa shape index (κ3) is 3.22. The first kappa shape index (κ1) is 14.0. The number of ether oxygens (including phenoxy) is 1. The van der Waals surface area contributed by atoms with Crippen molar-refractivity contribution in [3.63, 3.8) is 0 Å². The van der Waals surface area contributed by atoms with Gasteiger partial charge in [0.05, 0.1) is 18.5 Å². The summed E-state index contributed by atoms with van der Waals surface area (Å²) < 4.78 is 31.3. The molecule has 1 aromatic carbocycles. The Balaban J connectivity index is 1.56. The molecule has 0 bridgehead atoms. The Morgan fingerprint density at radius 3 is 2.67 bits per heavy atom. The fraction of sp³-hybridized carbons (Fsp3) is 0.385. The highest BCUT2D eigenvalue weighted by Crippen LogP contribution is 2.22. The Morgan fingerprint density at radius 2 is 2.00 bits per heavy atom. The van der Waals surface area contributed by atoms with E-state index in [1.165, 1.54) is 10.6 Å². The van der Waals surface area contributed by atoms with Crippen molar-refractivity contribution in [2.75, 3.05) is 19.3 Å². The molecular formula is C13H16N4O3S. The van der Waals surface area contributed by atoms with Crippen LogP contribution in [-0.4, -0.2) is 47.1 Å². The summed E-state index contributed by atoms with van der Waals surface area (Å²) in [5.74, 6) is 0.777. The molecule has 0 radical (unpaired) electrons. The molecule has 8 heteroatoms. The van der Waals surface area contributed by atoms with Crippen molar-refractivity contribution < 1.29 is 13.2 Å². The minimum atomic E-state index is -3.10. The number of aromatic nitrogens is 3. The van der Waals surface area contributed by atoms with E-state index in [1.54, 1.807) is 10.9 Å². The second-order valence-electron chi connectivity index (χ2n) is 5.03. The SMILES string of the molecule is CS(=O)(=O)N1CC(n2cc(COc3ccccc3)nn2)C1. The quantitative estimate of drug-likeness (QED) is 0.811. The smallest absolute Gasteiger partial charge is 0.211 e. The lowest BCUT2D eigenvalue weighted by molar-refractivity contribution is 0.190. The molecule has 1 aromatic heterocycles. The molecule has 112 valence electrons. The minimum absolute atomic E-state index is 0.0534. The van der Waals surface area contributed by atoms with Crippen LogP contribution in [0.25, 0.3) is 0 Å². The van der Waals surface area contributed by atoms with E-state index in [0.29, 0.717) is 19.7 Å². The van der Waals surface area contributed by atoms with Gasteiger partial charge in [0.15, 0.2) is 0 Å². The van der Waals surface area contributed by atoms with E-state index < -0.39 is 10.0 Å². The predicted octanol–water partition coefficient (Wildman–Crippen LogP) is 0.673. The van der Waals surface area contributed by atoms with Crippen molar-refractivity contribution in [1.29, 1.82) is 0 Å². The maximum Gasteiger partial charge on any atom is 0.211 e. The van der Waals surface area contributed by atoms with Crippen LogP contribution < -0.4 is 4.74 Å². The summed E-state index contributed by atoms with van der Waals surface area (Å²) in [7, 11) is -3.10. The average molecular weight is 308 g/mol. The van der Waals surface area contributed by atoms with E-state index in [2.05, 4.69) is 10.3 Å². The molecule has 1 saturated heterocycles. The molecule has 0 amide bonds. The Morgan fingerprint density at radius 1 is 1.29 bits per heavy atom. The van der Waals surface area contributed by atoms with Crippen LogP contribution in [0, 0.1) is 0 Å². The van der Waals surface area contributed by atoms with Crippen LogP contribution in [-0.2, 0) is 16.6 Å². The van der Waals surface area contributed by atoms with Crippen molar-refractivity contribution in [3.05, 3.63) is 42.2 Å². The van der Waals surface area contributed by atoms with E-state index in [9.17, 15) is 8.42 Å². The zero-order valence-corrected chi connectivity index (χ0v) is 12.4. The molecule has 2 aromatic rings. The van der Waals surface area contributed by atoms with Gasteiger partial charge in [-0.25, -0.2) is 13.1 Å². The van der Waals surface area contributed by atoms with Crippen LogP contribution in [0.5, 0.6) is 5.75 Å². The second-order valence-corrected chi connectivity index (χ2v) is 7.01. The molecule has 21 heavy (non-hydrogen) atoms. The Bertz CT molecular complexity index is 708. The number of nitrogens with zero attached hydrogens (tertiary/aromatic N) is 4. The van der Waals surface area contributed by atoms with E-state index in [0.717, 1.165) is 11.4 Å². The van der Waals surface area contributed by atoms with Crippen molar-refractivity contribution in [1.82, 2.24) is 19.3 Å². The van der Waals surface area contributed by atoms with Gasteiger partial charge in [0, 0.05) is 13.1 Å². The molecule has 1 aliphatic rings. The summed E-state index contributed by atoms with van der Waals surface area (Å²) in [5.41, 5.74) is 0.719. The summed E-state index contributed by atoms with van der Waals surface area (Å²) in [6.07, 6.45) is 3.01. The molecule has 7 nitrogen and oxygen atoms in total. The van der Waals surface area contributed by atoms with Crippen LogP contribution in [0.4, 0.5) is 0 Å². The van der Waals surface area contributed by atoms with Crippen LogP contribution in [0.1, 0.15) is 11.7 Å². The van der Waals surface area contributed by atoms with Gasteiger partial charge in [-0.2, -0.15) is 4.31 Å². The molecule has 0 N–H and O–H groups in total. The third-order valence-electron chi connectivity index (χ3n) is 3.36. The first-order valence-electron chi connectivity index (χ1n) is 6.56. The zero-order valence-electron chi connectivity index (χ0n) is 11.6. The van der Waals surface area contributed by atoms with Crippen LogP contribution in [0.2, 0.25) is 0 Å². The van der Waals surface area contributed by atoms with Gasteiger partial charge in [-0.1, -0.05) is 23.4 Å². The largest absolute Gasteiger partial charge is 0.487 e. The summed E-state index contributed by atoms with van der Waals surface area (Å²) >= 11 is 0. The predicted molar refractivity (Wildman–Crippen MR) is 76.2 cm³/mol. The highest BCUT2D eigenvalue weighted by atomic mass is 32.2. The van der Waals surface area contributed by atoms with Gasteiger partial charge >= 0.3 is 0 Å². The first-order valence-corrected chi connectivity index (χ1v) is 8.41. The molecular weight excluding hydrogens is 292 g/mol. The van der Waals surface area contributed by atoms with Crippen molar-refractivity contribution in [2.45, 2.75) is 12.6 Å². The van der Waals surface area contributed by atoms with Crippen molar-refractivity contribution >= 4 is 10.0 Å². The van der Waals surface area contributed by atoms with Crippen molar-refractivity contribution in [2.24, 2.45) is 0 Å². The molecule has 0 unspecified atom stereocenters. The fourth-order valence-electron chi connectivity index (χ4n) is 2.09. The molecule has 0 atom stereocenters.